The van der Waals surface area contributed by atoms with Crippen LogP contribution in [-0.2, 0) is 16.6 Å². The molecule has 0 radical (unpaired) electrons. The maximum atomic E-state index is 12.3. The summed E-state index contributed by atoms with van der Waals surface area (Å²) >= 11 is 5.80. The van der Waals surface area contributed by atoms with Gasteiger partial charge >= 0.3 is 0 Å². The summed E-state index contributed by atoms with van der Waals surface area (Å²) in [6.07, 6.45) is 2.67. The molecule has 0 bridgehead atoms. The molecule has 1 aromatic heterocycles. The minimum Gasteiger partial charge on any atom is -0.290 e. The van der Waals surface area contributed by atoms with Gasteiger partial charge in [-0.1, -0.05) is 29.3 Å². The van der Waals surface area contributed by atoms with Gasteiger partial charge in [-0.25, -0.2) is 0 Å². The Bertz CT molecular complexity index is 1030. The number of carbonyl (C=O) groups excluding carboxylic acids is 1. The van der Waals surface area contributed by atoms with Gasteiger partial charge in [-0.3, -0.25) is 4.79 Å². The van der Waals surface area contributed by atoms with Crippen molar-refractivity contribution in [2.24, 2.45) is 0 Å². The van der Waals surface area contributed by atoms with E-state index in [0.29, 0.717) is 10.6 Å². The molecule has 0 aliphatic carbocycles. The number of aryl methyl sites for hydroxylation is 1. The molecule has 0 aliphatic rings. The molecule has 3 aromatic rings. The van der Waals surface area contributed by atoms with Gasteiger partial charge in [-0.2, -0.15) is 8.42 Å². The maximum absolute atomic E-state index is 12.3. The number of sulfonamides is 1. The molecule has 0 unspecified atom stereocenters. The smallest absolute Gasteiger partial charge is 0.290 e. The second kappa shape index (κ2) is 7.27. The molecular weight excluding hydrogens is 376 g/mol. The number of rotatable bonds is 6. The van der Waals surface area contributed by atoms with Crippen molar-refractivity contribution in [1.29, 1.82) is 0 Å². The number of Topliss-reactive ketones (excluding diaryl/α,β-unsaturated/α-hetero) is 1. The summed E-state index contributed by atoms with van der Waals surface area (Å²) < 4.78 is 27.2. The highest BCUT2D eigenvalue weighted by atomic mass is 35.5. The Morgan fingerprint density at radius 2 is 1.81 bits per heavy atom. The van der Waals surface area contributed by atoms with Gasteiger partial charge in [0.15, 0.2) is 6.54 Å². The monoisotopic (exact) mass is 391 g/mol. The Balaban J connectivity index is 1.70. The topological polar surface area (TPSA) is 84.9 Å². The van der Waals surface area contributed by atoms with Crippen LogP contribution in [0.2, 0.25) is 5.02 Å². The minimum atomic E-state index is -3.74. The van der Waals surface area contributed by atoms with Crippen LogP contribution in [0.25, 0.3) is 0 Å². The van der Waals surface area contributed by atoms with E-state index in [0.717, 1.165) is 5.56 Å². The number of hydrogen-bond donors (Lipinski definition) is 1. The molecule has 2 aromatic carbocycles. The summed E-state index contributed by atoms with van der Waals surface area (Å²) in [6.45, 7) is 1.85. The van der Waals surface area contributed by atoms with Crippen molar-refractivity contribution in [3.8, 4) is 0 Å². The number of nitrogens with zero attached hydrogens (tertiary/aromatic N) is 3. The summed E-state index contributed by atoms with van der Waals surface area (Å²) in [5.41, 5.74) is 1.46. The van der Waals surface area contributed by atoms with Crippen molar-refractivity contribution < 1.29 is 17.9 Å². The summed E-state index contributed by atoms with van der Waals surface area (Å²) in [4.78, 5) is 14.7. The second-order valence-corrected chi connectivity index (χ2v) is 7.79. The molecule has 0 atom stereocenters. The van der Waals surface area contributed by atoms with Gasteiger partial charge in [0.05, 0.1) is 4.90 Å². The number of nitrogens with one attached hydrogen (secondary N) is 1. The Morgan fingerprint density at radius 3 is 2.46 bits per heavy atom. The van der Waals surface area contributed by atoms with Crippen molar-refractivity contribution in [3.63, 3.8) is 0 Å². The molecule has 1 N–H and O–H groups in total. The van der Waals surface area contributed by atoms with Crippen LogP contribution >= 0.6 is 11.6 Å². The fourth-order valence-electron chi connectivity index (χ4n) is 2.24. The Kier molecular flexibility index (Phi) is 5.06. The Hall–Kier alpha value is -2.71. The van der Waals surface area contributed by atoms with E-state index in [9.17, 15) is 13.2 Å². The number of aromatic nitrogens is 3. The lowest BCUT2D eigenvalue weighted by Crippen LogP contribution is -2.39. The number of hydrogen-bond acceptors (Lipinski definition) is 4. The third-order valence-corrected chi connectivity index (χ3v) is 5.21. The molecule has 0 aliphatic heterocycles. The maximum Gasteiger partial charge on any atom is 0.290 e. The SMILES string of the molecule is Cc1ccc(S(=O)(=O)Nn2cn[n+](CC(=O)c3ccc(Cl)cc3)c2)cc1. The van der Waals surface area contributed by atoms with Gasteiger partial charge in [0, 0.05) is 10.6 Å². The van der Waals surface area contributed by atoms with Crippen LogP contribution in [-0.4, -0.2) is 24.0 Å². The molecule has 0 saturated carbocycles. The summed E-state index contributed by atoms with van der Waals surface area (Å²) in [5.74, 6) is -0.168. The van der Waals surface area contributed by atoms with Crippen molar-refractivity contribution in [1.82, 2.24) is 9.77 Å². The summed E-state index contributed by atoms with van der Waals surface area (Å²) in [5, 5.41) is 4.54. The zero-order chi connectivity index (χ0) is 18.7. The first-order chi connectivity index (χ1) is 12.3. The third kappa shape index (κ3) is 4.27. The molecule has 0 amide bonds. The molecule has 9 heteroatoms. The molecule has 0 spiro atoms. The lowest BCUT2D eigenvalue weighted by atomic mass is 10.1. The fraction of sp³-hybridized carbons (Fsp3) is 0.118. The van der Waals surface area contributed by atoms with E-state index in [1.807, 2.05) is 6.92 Å². The minimum absolute atomic E-state index is 0.0269. The van der Waals surface area contributed by atoms with E-state index in [1.165, 1.54) is 34.1 Å². The highest BCUT2D eigenvalue weighted by Crippen LogP contribution is 2.11. The average Bonchev–Trinajstić information content (AvgIpc) is 3.02. The zero-order valence-corrected chi connectivity index (χ0v) is 15.4. The number of benzene rings is 2. The first kappa shape index (κ1) is 18.1. The number of ketones is 1. The first-order valence-corrected chi connectivity index (χ1v) is 9.51. The van der Waals surface area contributed by atoms with Gasteiger partial charge < -0.3 is 0 Å². The summed E-state index contributed by atoms with van der Waals surface area (Å²) in [7, 11) is -3.74. The molecule has 0 fully saturated rings. The number of carbonyl (C=O) groups is 1. The van der Waals surface area contributed by atoms with E-state index in [-0.39, 0.29) is 17.2 Å². The van der Waals surface area contributed by atoms with E-state index in [2.05, 4.69) is 9.93 Å². The van der Waals surface area contributed by atoms with Crippen molar-refractivity contribution in [2.75, 3.05) is 4.83 Å². The molecule has 3 rings (SSSR count). The lowest BCUT2D eigenvalue weighted by molar-refractivity contribution is -0.739. The molecular formula is C17H16ClN4O3S+. The van der Waals surface area contributed by atoms with Gasteiger partial charge in [-0.05, 0) is 48.4 Å². The molecule has 26 heavy (non-hydrogen) atoms. The first-order valence-electron chi connectivity index (χ1n) is 7.65. The van der Waals surface area contributed by atoms with Gasteiger partial charge in [-0.15, -0.1) is 14.2 Å². The molecule has 7 nitrogen and oxygen atoms in total. The van der Waals surface area contributed by atoms with Crippen molar-refractivity contribution >= 4 is 27.4 Å². The van der Waals surface area contributed by atoms with Crippen LogP contribution in [0.3, 0.4) is 0 Å². The fourth-order valence-corrected chi connectivity index (χ4v) is 3.33. The predicted octanol–water partition coefficient (Wildman–Crippen LogP) is 1.95. The predicted molar refractivity (Wildman–Crippen MR) is 95.9 cm³/mol. The normalized spacial score (nSPS) is 11.3. The van der Waals surface area contributed by atoms with E-state index >= 15 is 0 Å². The van der Waals surface area contributed by atoms with Gasteiger partial charge in [0.2, 0.25) is 12.1 Å². The highest BCUT2D eigenvalue weighted by Gasteiger charge is 2.19. The van der Waals surface area contributed by atoms with E-state index < -0.39 is 10.0 Å². The van der Waals surface area contributed by atoms with E-state index in [1.54, 1.807) is 36.4 Å². The van der Waals surface area contributed by atoms with Gasteiger partial charge in [0.25, 0.3) is 16.4 Å². The largest absolute Gasteiger partial charge is 0.290 e. The molecule has 134 valence electrons. The van der Waals surface area contributed by atoms with Crippen LogP contribution in [0.5, 0.6) is 0 Å². The Morgan fingerprint density at radius 1 is 1.15 bits per heavy atom. The average molecular weight is 392 g/mol. The third-order valence-electron chi connectivity index (χ3n) is 3.61. The lowest BCUT2D eigenvalue weighted by Gasteiger charge is -2.03. The van der Waals surface area contributed by atoms with Crippen LogP contribution in [0.1, 0.15) is 15.9 Å². The second-order valence-electron chi connectivity index (χ2n) is 5.69. The van der Waals surface area contributed by atoms with Crippen LogP contribution in [0.15, 0.2) is 66.1 Å². The van der Waals surface area contributed by atoms with Crippen molar-refractivity contribution in [2.45, 2.75) is 18.4 Å². The van der Waals surface area contributed by atoms with Gasteiger partial charge in [0.1, 0.15) is 0 Å². The number of halogens is 1. The molecule has 0 saturated heterocycles. The summed E-state index contributed by atoms with van der Waals surface area (Å²) in [6, 6.07) is 13.0. The van der Waals surface area contributed by atoms with Crippen molar-refractivity contribution in [3.05, 3.63) is 77.3 Å². The highest BCUT2D eigenvalue weighted by molar-refractivity contribution is 7.92. The Labute approximate surface area is 155 Å². The van der Waals surface area contributed by atoms with E-state index in [4.69, 9.17) is 11.6 Å². The van der Waals surface area contributed by atoms with Crippen LogP contribution in [0.4, 0.5) is 0 Å². The zero-order valence-electron chi connectivity index (χ0n) is 13.8. The molecule has 1 heterocycles. The standard InChI is InChI=1S/C17H16ClN4O3S/c1-13-2-8-16(9-3-13)26(24,25)20-22-11-19-21(12-22)10-17(23)14-4-6-15(18)7-5-14/h2-9,11-12,20H,10H2,1H3/q+1. The quantitative estimate of drug-likeness (QED) is 0.514. The van der Waals surface area contributed by atoms with Crippen LogP contribution < -0.4 is 9.51 Å². The van der Waals surface area contributed by atoms with Crippen LogP contribution in [0, 0.1) is 6.92 Å².